The molecule has 1 aliphatic rings. The minimum atomic E-state index is -0.863. The average molecular weight is 595 g/mol. The molecule has 2 atom stereocenters. The van der Waals surface area contributed by atoms with Gasteiger partial charge in [-0.05, 0) is 81.2 Å². The van der Waals surface area contributed by atoms with Crippen LogP contribution in [0.25, 0.3) is 22.2 Å². The quantitative estimate of drug-likeness (QED) is 0.197. The molecule has 8 nitrogen and oxygen atoms in total. The Labute approximate surface area is 259 Å². The van der Waals surface area contributed by atoms with Crippen molar-refractivity contribution in [2.24, 2.45) is 0 Å². The highest BCUT2D eigenvalue weighted by Crippen LogP contribution is 2.27. The summed E-state index contributed by atoms with van der Waals surface area (Å²) in [7, 11) is 2.13. The summed E-state index contributed by atoms with van der Waals surface area (Å²) in [5, 5.41) is 6.73. The first kappa shape index (κ1) is 31.2. The third kappa shape index (κ3) is 8.21. The highest BCUT2D eigenvalue weighted by Gasteiger charge is 2.25. The van der Waals surface area contributed by atoms with Gasteiger partial charge in [0.2, 0.25) is 5.91 Å². The van der Waals surface area contributed by atoms with Gasteiger partial charge in [0.15, 0.2) is 0 Å². The first-order valence-electron chi connectivity index (χ1n) is 15.6. The van der Waals surface area contributed by atoms with Crippen LogP contribution in [0.1, 0.15) is 48.5 Å². The molecule has 0 spiro atoms. The zero-order valence-corrected chi connectivity index (χ0v) is 25.6. The lowest BCUT2D eigenvalue weighted by molar-refractivity contribution is -0.124. The lowest BCUT2D eigenvalue weighted by Gasteiger charge is -2.22. The van der Waals surface area contributed by atoms with E-state index >= 15 is 0 Å². The predicted molar refractivity (Wildman–Crippen MR) is 174 cm³/mol. The molecule has 3 aromatic carbocycles. The molecule has 8 heteroatoms. The fourth-order valence-electron chi connectivity index (χ4n) is 5.57. The number of hydrogen-bond donors (Lipinski definition) is 2. The zero-order chi connectivity index (χ0) is 30.7. The van der Waals surface area contributed by atoms with Gasteiger partial charge in [-0.2, -0.15) is 0 Å². The number of carbonyl (C=O) groups is 2. The normalized spacial score (nSPS) is 15.6. The molecule has 2 N–H and O–H groups in total. The first-order chi connectivity index (χ1) is 21.5. The molecule has 1 aromatic heterocycles. The number of amides is 2. The predicted octanol–water partition coefficient (Wildman–Crippen LogP) is 5.61. The molecule has 4 aromatic rings. The standard InChI is InChI=1S/C36H42N4O4/c1-3-22-44-29-17-15-27(16-18-29)33-23-31(30-13-7-8-14-32(30)38-33)35(41)39-34(25-43-24-26-10-5-4-6-11-26)36(42)37-20-19-28-12-9-21-40(28)2/h4-8,10-11,13-18,23,28,34H,3,9,12,19-22,24-25H2,1-2H3,(H,37,42)(H,39,41). The molecular weight excluding hydrogens is 552 g/mol. The van der Waals surface area contributed by atoms with Gasteiger partial charge in [0.25, 0.3) is 5.91 Å². The highest BCUT2D eigenvalue weighted by atomic mass is 16.5. The van der Waals surface area contributed by atoms with E-state index in [1.165, 1.54) is 6.42 Å². The summed E-state index contributed by atoms with van der Waals surface area (Å²) < 4.78 is 11.7. The average Bonchev–Trinajstić information content (AvgIpc) is 3.47. The molecule has 0 aliphatic carbocycles. The Bertz CT molecular complexity index is 1530. The van der Waals surface area contributed by atoms with Crippen LogP contribution in [0.2, 0.25) is 0 Å². The maximum atomic E-state index is 13.9. The minimum absolute atomic E-state index is 0.0465. The van der Waals surface area contributed by atoms with Gasteiger partial charge < -0.3 is 25.0 Å². The van der Waals surface area contributed by atoms with Crippen molar-refractivity contribution in [2.45, 2.75) is 51.3 Å². The number of fused-ring (bicyclic) bond motifs is 1. The van der Waals surface area contributed by atoms with Crippen LogP contribution in [-0.2, 0) is 16.1 Å². The number of rotatable bonds is 14. The molecule has 1 aliphatic heterocycles. The van der Waals surface area contributed by atoms with Gasteiger partial charge in [-0.3, -0.25) is 9.59 Å². The van der Waals surface area contributed by atoms with Gasteiger partial charge in [-0.1, -0.05) is 55.5 Å². The van der Waals surface area contributed by atoms with Crippen LogP contribution in [0.15, 0.2) is 84.9 Å². The highest BCUT2D eigenvalue weighted by molar-refractivity contribution is 6.08. The minimum Gasteiger partial charge on any atom is -0.494 e. The third-order valence-electron chi connectivity index (χ3n) is 8.05. The van der Waals surface area contributed by atoms with Crippen molar-refractivity contribution in [3.8, 4) is 17.0 Å². The second kappa shape index (κ2) is 15.5. The molecule has 1 saturated heterocycles. The van der Waals surface area contributed by atoms with E-state index in [0.29, 0.717) is 48.0 Å². The maximum absolute atomic E-state index is 13.9. The molecule has 230 valence electrons. The summed E-state index contributed by atoms with van der Waals surface area (Å²) in [6.07, 6.45) is 4.12. The van der Waals surface area contributed by atoms with Crippen molar-refractivity contribution in [1.82, 2.24) is 20.5 Å². The molecule has 0 saturated carbocycles. The van der Waals surface area contributed by atoms with E-state index in [1.54, 1.807) is 6.07 Å². The smallest absolute Gasteiger partial charge is 0.252 e. The Morgan fingerprint density at radius 2 is 1.80 bits per heavy atom. The van der Waals surface area contributed by atoms with Gasteiger partial charge in [0, 0.05) is 23.5 Å². The first-order valence-corrected chi connectivity index (χ1v) is 15.6. The van der Waals surface area contributed by atoms with Crippen LogP contribution in [0, 0.1) is 0 Å². The molecule has 2 amide bonds. The largest absolute Gasteiger partial charge is 0.494 e. The molecule has 44 heavy (non-hydrogen) atoms. The lowest BCUT2D eigenvalue weighted by atomic mass is 10.0. The van der Waals surface area contributed by atoms with E-state index < -0.39 is 6.04 Å². The van der Waals surface area contributed by atoms with E-state index in [9.17, 15) is 9.59 Å². The summed E-state index contributed by atoms with van der Waals surface area (Å²) in [6, 6.07) is 26.4. The fourth-order valence-corrected chi connectivity index (χ4v) is 5.57. The molecule has 0 bridgehead atoms. The van der Waals surface area contributed by atoms with Crippen LogP contribution in [-0.4, -0.2) is 67.1 Å². The van der Waals surface area contributed by atoms with E-state index in [-0.39, 0.29) is 18.4 Å². The Kier molecular flexibility index (Phi) is 10.9. The van der Waals surface area contributed by atoms with Crippen molar-refractivity contribution in [2.75, 3.05) is 33.4 Å². The summed E-state index contributed by atoms with van der Waals surface area (Å²) >= 11 is 0. The van der Waals surface area contributed by atoms with Gasteiger partial charge >= 0.3 is 0 Å². The number of benzene rings is 3. The topological polar surface area (TPSA) is 92.8 Å². The van der Waals surface area contributed by atoms with Crippen LogP contribution >= 0.6 is 0 Å². The van der Waals surface area contributed by atoms with Gasteiger partial charge in [-0.25, -0.2) is 4.98 Å². The second-order valence-electron chi connectivity index (χ2n) is 11.3. The van der Waals surface area contributed by atoms with Crippen molar-refractivity contribution >= 4 is 22.7 Å². The molecule has 5 rings (SSSR count). The number of aromatic nitrogens is 1. The Hall–Kier alpha value is -4.27. The second-order valence-corrected chi connectivity index (χ2v) is 11.3. The van der Waals surface area contributed by atoms with E-state index in [1.807, 2.05) is 78.9 Å². The van der Waals surface area contributed by atoms with Gasteiger partial charge in [0.1, 0.15) is 11.8 Å². The van der Waals surface area contributed by atoms with Crippen molar-refractivity contribution < 1.29 is 19.1 Å². The maximum Gasteiger partial charge on any atom is 0.252 e. The molecule has 0 radical (unpaired) electrons. The number of nitrogens with one attached hydrogen (secondary N) is 2. The SMILES string of the molecule is CCCOc1ccc(-c2cc(C(=O)NC(COCc3ccccc3)C(=O)NCCC3CCCN3C)c3ccccc3n2)cc1. The van der Waals surface area contributed by atoms with E-state index in [2.05, 4.69) is 29.5 Å². The summed E-state index contributed by atoms with van der Waals surface area (Å²) in [6.45, 7) is 4.74. The molecule has 1 fully saturated rings. The molecular formula is C36H42N4O4. The zero-order valence-electron chi connectivity index (χ0n) is 25.6. The fraction of sp³-hybridized carbons (Fsp3) is 0.361. The Morgan fingerprint density at radius 1 is 1.02 bits per heavy atom. The van der Waals surface area contributed by atoms with Crippen LogP contribution in [0.4, 0.5) is 0 Å². The number of ether oxygens (including phenoxy) is 2. The number of pyridine rings is 1. The third-order valence-corrected chi connectivity index (χ3v) is 8.05. The molecule has 2 unspecified atom stereocenters. The lowest BCUT2D eigenvalue weighted by Crippen LogP contribution is -2.50. The van der Waals surface area contributed by atoms with Crippen molar-refractivity contribution in [3.63, 3.8) is 0 Å². The van der Waals surface area contributed by atoms with Gasteiger partial charge in [-0.15, -0.1) is 0 Å². The van der Waals surface area contributed by atoms with Crippen molar-refractivity contribution in [1.29, 1.82) is 0 Å². The Morgan fingerprint density at radius 3 is 2.55 bits per heavy atom. The van der Waals surface area contributed by atoms with Crippen molar-refractivity contribution in [3.05, 3.63) is 96.1 Å². The number of hydrogen-bond acceptors (Lipinski definition) is 6. The van der Waals surface area contributed by atoms with E-state index in [0.717, 1.165) is 42.7 Å². The monoisotopic (exact) mass is 594 g/mol. The molecule has 2 heterocycles. The number of likely N-dealkylation sites (tertiary alicyclic amines) is 1. The number of para-hydroxylation sites is 1. The summed E-state index contributed by atoms with van der Waals surface area (Å²) in [5.74, 6) is 0.179. The van der Waals surface area contributed by atoms with E-state index in [4.69, 9.17) is 14.5 Å². The number of nitrogens with zero attached hydrogens (tertiary/aromatic N) is 2. The Balaban J connectivity index is 1.34. The number of carbonyl (C=O) groups excluding carboxylic acids is 2. The van der Waals surface area contributed by atoms with Crippen LogP contribution in [0.5, 0.6) is 5.75 Å². The van der Waals surface area contributed by atoms with Crippen LogP contribution < -0.4 is 15.4 Å². The summed E-state index contributed by atoms with van der Waals surface area (Å²) in [5.41, 5.74) is 3.68. The van der Waals surface area contributed by atoms with Gasteiger partial charge in [0.05, 0.1) is 36.6 Å². The van der Waals surface area contributed by atoms with Crippen LogP contribution in [0.3, 0.4) is 0 Å². The summed E-state index contributed by atoms with van der Waals surface area (Å²) in [4.78, 5) is 34.5.